The van der Waals surface area contributed by atoms with Crippen LogP contribution in [0.5, 0.6) is 5.75 Å². The van der Waals surface area contributed by atoms with Gasteiger partial charge in [0.05, 0.1) is 0 Å². The maximum Gasteiger partial charge on any atom is 0.253 e. The number of nitrogens with one attached hydrogen (secondary N) is 1. The molecule has 1 N–H and O–H groups in total. The number of ether oxygens (including phenoxy) is 1. The predicted octanol–water partition coefficient (Wildman–Crippen LogP) is 3.44. The first-order valence-electron chi connectivity index (χ1n) is 6.34. The van der Waals surface area contributed by atoms with E-state index in [2.05, 4.69) is 12.2 Å². The molecule has 0 radical (unpaired) electrons. The summed E-state index contributed by atoms with van der Waals surface area (Å²) in [4.78, 5) is 11.7. The smallest absolute Gasteiger partial charge is 0.253 e. The van der Waals surface area contributed by atoms with Crippen molar-refractivity contribution in [1.82, 2.24) is 5.32 Å². The Bertz CT molecular complexity index is 526. The van der Waals surface area contributed by atoms with Crippen molar-refractivity contribution in [2.75, 3.05) is 6.73 Å². The Morgan fingerprint density at radius 3 is 2.30 bits per heavy atom. The van der Waals surface area contributed by atoms with Crippen LogP contribution in [-0.2, 0) is 6.42 Å². The molecule has 3 nitrogen and oxygen atoms in total. The molecular weight excluding hydrogens is 274 g/mol. The highest BCUT2D eigenvalue weighted by Crippen LogP contribution is 2.12. The molecule has 0 aromatic heterocycles. The van der Waals surface area contributed by atoms with Gasteiger partial charge in [0.2, 0.25) is 0 Å². The highest BCUT2D eigenvalue weighted by molar-refractivity contribution is 5.93. The van der Waals surface area contributed by atoms with Crippen LogP contribution in [0.2, 0.25) is 0 Å². The fraction of sp³-hybridized carbons (Fsp3) is 0.188. The van der Waals surface area contributed by atoms with Gasteiger partial charge in [-0.2, -0.15) is 0 Å². The summed E-state index contributed by atoms with van der Waals surface area (Å²) < 4.78 is 5.47. The average Bonchev–Trinajstić information content (AvgIpc) is 2.49. The summed E-state index contributed by atoms with van der Waals surface area (Å²) >= 11 is 0. The number of carbonyl (C=O) groups is 1. The summed E-state index contributed by atoms with van der Waals surface area (Å²) in [5, 5.41) is 2.71. The van der Waals surface area contributed by atoms with Crippen molar-refractivity contribution in [2.45, 2.75) is 13.3 Å². The van der Waals surface area contributed by atoms with E-state index in [1.165, 1.54) is 5.56 Å². The Labute approximate surface area is 125 Å². The molecule has 2 rings (SSSR count). The van der Waals surface area contributed by atoms with Crippen LogP contribution >= 0.6 is 12.4 Å². The minimum Gasteiger partial charge on any atom is -0.473 e. The van der Waals surface area contributed by atoms with Crippen LogP contribution in [0.4, 0.5) is 0 Å². The summed E-state index contributed by atoms with van der Waals surface area (Å²) in [5.41, 5.74) is 1.90. The number of amides is 1. The summed E-state index contributed by atoms with van der Waals surface area (Å²) in [6, 6.07) is 16.9. The van der Waals surface area contributed by atoms with Gasteiger partial charge in [0.25, 0.3) is 5.91 Å². The standard InChI is InChI=1S/C16H17NO2.ClH/c1-2-13-8-10-15(11-9-13)19-12-17-16(18)14-6-4-3-5-7-14;/h3-11H,2,12H2,1H3,(H,17,18);1H. The molecule has 0 aliphatic rings. The maximum atomic E-state index is 11.7. The Morgan fingerprint density at radius 2 is 1.70 bits per heavy atom. The number of halogens is 1. The van der Waals surface area contributed by atoms with Crippen molar-refractivity contribution in [2.24, 2.45) is 0 Å². The number of rotatable bonds is 5. The lowest BCUT2D eigenvalue weighted by Crippen LogP contribution is -2.27. The van der Waals surface area contributed by atoms with E-state index in [9.17, 15) is 4.79 Å². The Balaban J connectivity index is 0.00000200. The van der Waals surface area contributed by atoms with E-state index in [0.29, 0.717) is 5.56 Å². The lowest BCUT2D eigenvalue weighted by molar-refractivity contribution is 0.0919. The Hall–Kier alpha value is -2.00. The van der Waals surface area contributed by atoms with Crippen molar-refractivity contribution in [3.63, 3.8) is 0 Å². The second kappa shape index (κ2) is 8.23. The van der Waals surface area contributed by atoms with E-state index in [1.54, 1.807) is 12.1 Å². The van der Waals surface area contributed by atoms with E-state index in [4.69, 9.17) is 4.74 Å². The highest BCUT2D eigenvalue weighted by Gasteiger charge is 2.03. The second-order valence-corrected chi connectivity index (χ2v) is 4.16. The zero-order valence-electron chi connectivity index (χ0n) is 11.3. The first kappa shape index (κ1) is 16.1. The molecule has 0 aliphatic carbocycles. The van der Waals surface area contributed by atoms with Crippen LogP contribution in [0.15, 0.2) is 54.6 Å². The molecule has 0 saturated carbocycles. The number of aryl methyl sites for hydroxylation is 1. The molecule has 106 valence electrons. The van der Waals surface area contributed by atoms with Gasteiger partial charge in [0.1, 0.15) is 5.75 Å². The molecule has 0 fully saturated rings. The molecule has 2 aromatic rings. The molecule has 4 heteroatoms. The summed E-state index contributed by atoms with van der Waals surface area (Å²) in [7, 11) is 0. The van der Waals surface area contributed by atoms with Gasteiger partial charge < -0.3 is 10.1 Å². The fourth-order valence-corrected chi connectivity index (χ4v) is 1.70. The Kier molecular flexibility index (Phi) is 6.60. The molecule has 1 amide bonds. The molecule has 0 unspecified atom stereocenters. The first-order chi connectivity index (χ1) is 9.29. The molecular formula is C16H18ClNO2. The van der Waals surface area contributed by atoms with Gasteiger partial charge in [-0.15, -0.1) is 12.4 Å². The van der Waals surface area contributed by atoms with Crippen LogP contribution in [0.3, 0.4) is 0 Å². The third kappa shape index (κ3) is 4.59. The van der Waals surface area contributed by atoms with Crippen LogP contribution in [-0.4, -0.2) is 12.6 Å². The topological polar surface area (TPSA) is 38.3 Å². The zero-order valence-corrected chi connectivity index (χ0v) is 12.2. The van der Waals surface area contributed by atoms with Crippen molar-refractivity contribution in [3.8, 4) is 5.75 Å². The SMILES string of the molecule is CCc1ccc(OCNC(=O)c2ccccc2)cc1.Cl. The molecule has 0 aliphatic heterocycles. The van der Waals surface area contributed by atoms with Gasteiger partial charge in [0.15, 0.2) is 6.73 Å². The van der Waals surface area contributed by atoms with Crippen molar-refractivity contribution in [1.29, 1.82) is 0 Å². The Morgan fingerprint density at radius 1 is 1.05 bits per heavy atom. The highest BCUT2D eigenvalue weighted by atomic mass is 35.5. The van der Waals surface area contributed by atoms with Gasteiger partial charge in [-0.25, -0.2) is 0 Å². The van der Waals surface area contributed by atoms with Crippen LogP contribution in [0, 0.1) is 0 Å². The molecule has 0 bridgehead atoms. The fourth-order valence-electron chi connectivity index (χ4n) is 1.70. The number of hydrogen-bond acceptors (Lipinski definition) is 2. The molecule has 20 heavy (non-hydrogen) atoms. The summed E-state index contributed by atoms with van der Waals surface area (Å²) in [5.74, 6) is 0.622. The first-order valence-corrected chi connectivity index (χ1v) is 6.34. The lowest BCUT2D eigenvalue weighted by Gasteiger charge is -2.08. The predicted molar refractivity (Wildman–Crippen MR) is 82.5 cm³/mol. The van der Waals surface area contributed by atoms with Crippen LogP contribution in [0.25, 0.3) is 0 Å². The average molecular weight is 292 g/mol. The van der Waals surface area contributed by atoms with Crippen molar-refractivity contribution in [3.05, 3.63) is 65.7 Å². The normalized spacial score (nSPS) is 9.45. The third-order valence-electron chi connectivity index (χ3n) is 2.84. The maximum absolute atomic E-state index is 11.7. The van der Waals surface area contributed by atoms with E-state index < -0.39 is 0 Å². The van der Waals surface area contributed by atoms with Gasteiger partial charge >= 0.3 is 0 Å². The van der Waals surface area contributed by atoms with Gasteiger partial charge in [-0.05, 0) is 36.2 Å². The third-order valence-corrected chi connectivity index (χ3v) is 2.84. The van der Waals surface area contributed by atoms with E-state index in [-0.39, 0.29) is 25.0 Å². The van der Waals surface area contributed by atoms with E-state index >= 15 is 0 Å². The molecule has 0 atom stereocenters. The van der Waals surface area contributed by atoms with Gasteiger partial charge in [-0.3, -0.25) is 4.79 Å². The van der Waals surface area contributed by atoms with Gasteiger partial charge in [0, 0.05) is 5.56 Å². The van der Waals surface area contributed by atoms with Crippen molar-refractivity contribution >= 4 is 18.3 Å². The monoisotopic (exact) mass is 291 g/mol. The summed E-state index contributed by atoms with van der Waals surface area (Å²) in [6.07, 6.45) is 1.00. The molecule has 2 aromatic carbocycles. The summed E-state index contributed by atoms with van der Waals surface area (Å²) in [6.45, 7) is 2.27. The zero-order chi connectivity index (χ0) is 13.5. The second-order valence-electron chi connectivity index (χ2n) is 4.16. The lowest BCUT2D eigenvalue weighted by atomic mass is 10.2. The quantitative estimate of drug-likeness (QED) is 0.857. The number of benzene rings is 2. The van der Waals surface area contributed by atoms with Crippen molar-refractivity contribution < 1.29 is 9.53 Å². The van der Waals surface area contributed by atoms with E-state index in [0.717, 1.165) is 12.2 Å². The largest absolute Gasteiger partial charge is 0.473 e. The minimum atomic E-state index is -0.134. The van der Waals surface area contributed by atoms with Gasteiger partial charge in [-0.1, -0.05) is 37.3 Å². The van der Waals surface area contributed by atoms with Crippen LogP contribution in [0.1, 0.15) is 22.8 Å². The molecule has 0 saturated heterocycles. The minimum absolute atomic E-state index is 0. The number of carbonyl (C=O) groups excluding carboxylic acids is 1. The number of hydrogen-bond donors (Lipinski definition) is 1. The molecule has 0 heterocycles. The van der Waals surface area contributed by atoms with Crippen LogP contribution < -0.4 is 10.1 Å². The van der Waals surface area contributed by atoms with E-state index in [1.807, 2.05) is 42.5 Å². The molecule has 0 spiro atoms.